The molecule has 2 aliphatic rings. The molecule has 1 atom stereocenters. The van der Waals surface area contributed by atoms with Gasteiger partial charge in [0.05, 0.1) is 6.04 Å². The molecule has 2 aliphatic heterocycles. The molecule has 6 nitrogen and oxygen atoms in total. The fourth-order valence-electron chi connectivity index (χ4n) is 4.05. The molecule has 4 rings (SSSR count). The van der Waals surface area contributed by atoms with Gasteiger partial charge in [0.2, 0.25) is 5.91 Å². The van der Waals surface area contributed by atoms with E-state index in [1.54, 1.807) is 6.07 Å². The molecule has 6 heteroatoms. The number of amides is 2. The number of fused-ring (bicyclic) bond motifs is 1. The molecule has 0 spiro atoms. The third-order valence-electron chi connectivity index (χ3n) is 5.60. The van der Waals surface area contributed by atoms with Crippen LogP contribution in [-0.2, 0) is 16.0 Å². The van der Waals surface area contributed by atoms with Crippen molar-refractivity contribution in [1.82, 2.24) is 10.2 Å². The van der Waals surface area contributed by atoms with E-state index in [9.17, 15) is 9.59 Å². The van der Waals surface area contributed by atoms with Crippen LogP contribution in [0.4, 0.5) is 5.69 Å². The molecule has 0 radical (unpaired) electrons. The summed E-state index contributed by atoms with van der Waals surface area (Å²) in [7, 11) is 0. The standard InChI is InChI=1S/C23H27N3O3/c27-22-11-8-18-14-19(9-10-20(18)25-22)29-16-23(28)24-15-21(26-12-4-5-13-26)17-6-2-1-3-7-17/h1-3,6-7,9-10,14,21H,4-5,8,11-13,15-16H2,(H,24,28)(H,25,27). The lowest BCUT2D eigenvalue weighted by atomic mass is 10.0. The summed E-state index contributed by atoms with van der Waals surface area (Å²) in [6, 6.07) is 16.1. The summed E-state index contributed by atoms with van der Waals surface area (Å²) in [5, 5.41) is 5.88. The number of nitrogens with zero attached hydrogens (tertiary/aromatic N) is 1. The minimum absolute atomic E-state index is 0.0212. The summed E-state index contributed by atoms with van der Waals surface area (Å²) < 4.78 is 5.69. The fraction of sp³-hybridized carbons (Fsp3) is 0.391. The Morgan fingerprint density at radius 1 is 1.10 bits per heavy atom. The maximum Gasteiger partial charge on any atom is 0.258 e. The maximum absolute atomic E-state index is 12.4. The van der Waals surface area contributed by atoms with Crippen molar-refractivity contribution in [2.45, 2.75) is 31.7 Å². The Morgan fingerprint density at radius 2 is 1.90 bits per heavy atom. The van der Waals surface area contributed by atoms with Gasteiger partial charge in [-0.2, -0.15) is 0 Å². The van der Waals surface area contributed by atoms with Crippen molar-refractivity contribution in [2.75, 3.05) is 31.6 Å². The number of anilines is 1. The number of hydrogen-bond donors (Lipinski definition) is 2. The lowest BCUT2D eigenvalue weighted by molar-refractivity contribution is -0.123. The average molecular weight is 393 g/mol. The van der Waals surface area contributed by atoms with Crippen LogP contribution in [0.1, 0.15) is 36.4 Å². The van der Waals surface area contributed by atoms with Gasteiger partial charge in [0.25, 0.3) is 5.91 Å². The van der Waals surface area contributed by atoms with Gasteiger partial charge in [0.1, 0.15) is 5.75 Å². The first-order valence-electron chi connectivity index (χ1n) is 10.3. The number of nitrogens with one attached hydrogen (secondary N) is 2. The zero-order valence-corrected chi connectivity index (χ0v) is 16.5. The molecule has 0 saturated carbocycles. The van der Waals surface area contributed by atoms with E-state index in [2.05, 4.69) is 27.7 Å². The van der Waals surface area contributed by atoms with Crippen LogP contribution in [0.5, 0.6) is 5.75 Å². The number of aryl methyl sites for hydroxylation is 1. The third kappa shape index (κ3) is 4.95. The Kier molecular flexibility index (Phi) is 6.10. The van der Waals surface area contributed by atoms with Crippen molar-refractivity contribution in [3.05, 3.63) is 59.7 Å². The Labute approximate surface area is 171 Å². The minimum atomic E-state index is -0.129. The highest BCUT2D eigenvalue weighted by atomic mass is 16.5. The van der Waals surface area contributed by atoms with Crippen molar-refractivity contribution < 1.29 is 14.3 Å². The van der Waals surface area contributed by atoms with Crippen molar-refractivity contribution in [3.8, 4) is 5.75 Å². The van der Waals surface area contributed by atoms with Crippen LogP contribution in [-0.4, -0.2) is 43.0 Å². The molecule has 0 aromatic heterocycles. The number of carbonyl (C=O) groups is 2. The molecular weight excluding hydrogens is 366 g/mol. The van der Waals surface area contributed by atoms with Crippen LogP contribution in [0.3, 0.4) is 0 Å². The fourth-order valence-corrected chi connectivity index (χ4v) is 4.05. The second kappa shape index (κ2) is 9.09. The SMILES string of the molecule is O=C(COc1ccc2c(c1)CCC(=O)N2)NCC(c1ccccc1)N1CCCC1. The van der Waals surface area contributed by atoms with Crippen molar-refractivity contribution in [2.24, 2.45) is 0 Å². The molecule has 2 N–H and O–H groups in total. The zero-order valence-electron chi connectivity index (χ0n) is 16.5. The summed E-state index contributed by atoms with van der Waals surface area (Å²) in [6.07, 6.45) is 3.59. The van der Waals surface area contributed by atoms with Gasteiger partial charge in [-0.15, -0.1) is 0 Å². The van der Waals surface area contributed by atoms with Crippen molar-refractivity contribution >= 4 is 17.5 Å². The number of ether oxygens (including phenoxy) is 1. The smallest absolute Gasteiger partial charge is 0.258 e. The van der Waals surface area contributed by atoms with Crippen LogP contribution in [0.2, 0.25) is 0 Å². The first-order chi connectivity index (χ1) is 14.2. The highest BCUT2D eigenvalue weighted by Gasteiger charge is 2.24. The van der Waals surface area contributed by atoms with E-state index in [1.165, 1.54) is 18.4 Å². The lowest BCUT2D eigenvalue weighted by Gasteiger charge is -2.28. The summed E-state index contributed by atoms with van der Waals surface area (Å²) in [6.45, 7) is 2.68. The molecule has 2 amide bonds. The Bertz CT molecular complexity index is 863. The Balaban J connectivity index is 1.31. The first kappa shape index (κ1) is 19.5. The van der Waals surface area contributed by atoms with E-state index in [0.29, 0.717) is 25.1 Å². The van der Waals surface area contributed by atoms with Gasteiger partial charge in [-0.3, -0.25) is 14.5 Å². The molecule has 1 unspecified atom stereocenters. The average Bonchev–Trinajstić information content (AvgIpc) is 3.27. The quantitative estimate of drug-likeness (QED) is 0.759. The number of carbonyl (C=O) groups excluding carboxylic acids is 2. The second-order valence-electron chi connectivity index (χ2n) is 7.63. The van der Waals surface area contributed by atoms with Crippen LogP contribution >= 0.6 is 0 Å². The normalized spacial score (nSPS) is 17.3. The van der Waals surface area contributed by atoms with Crippen LogP contribution in [0.25, 0.3) is 0 Å². The third-order valence-corrected chi connectivity index (χ3v) is 5.60. The monoisotopic (exact) mass is 393 g/mol. The molecule has 2 aromatic carbocycles. The number of benzene rings is 2. The predicted molar refractivity (Wildman–Crippen MR) is 112 cm³/mol. The van der Waals surface area contributed by atoms with Gasteiger partial charge in [0.15, 0.2) is 6.61 Å². The molecule has 29 heavy (non-hydrogen) atoms. The molecule has 0 aliphatic carbocycles. The number of rotatable bonds is 7. The lowest BCUT2D eigenvalue weighted by Crippen LogP contribution is -2.38. The zero-order chi connectivity index (χ0) is 20.1. The summed E-state index contributed by atoms with van der Waals surface area (Å²) in [4.78, 5) is 26.3. The van der Waals surface area contributed by atoms with E-state index >= 15 is 0 Å². The van der Waals surface area contributed by atoms with Gasteiger partial charge in [-0.25, -0.2) is 0 Å². The molecule has 1 fully saturated rings. The molecule has 1 saturated heterocycles. The largest absolute Gasteiger partial charge is 0.484 e. The van der Waals surface area contributed by atoms with Crippen molar-refractivity contribution in [3.63, 3.8) is 0 Å². The van der Waals surface area contributed by atoms with Crippen molar-refractivity contribution in [1.29, 1.82) is 0 Å². The summed E-state index contributed by atoms with van der Waals surface area (Å²) >= 11 is 0. The topological polar surface area (TPSA) is 70.7 Å². The van der Waals surface area contributed by atoms with Gasteiger partial charge in [-0.05, 0) is 61.7 Å². The van der Waals surface area contributed by atoms with Gasteiger partial charge in [-0.1, -0.05) is 30.3 Å². The van der Waals surface area contributed by atoms with E-state index in [4.69, 9.17) is 4.74 Å². The van der Waals surface area contributed by atoms with Gasteiger partial charge in [0, 0.05) is 18.7 Å². The Morgan fingerprint density at radius 3 is 2.69 bits per heavy atom. The highest BCUT2D eigenvalue weighted by Crippen LogP contribution is 2.27. The second-order valence-corrected chi connectivity index (χ2v) is 7.63. The minimum Gasteiger partial charge on any atom is -0.484 e. The molecule has 2 heterocycles. The van der Waals surface area contributed by atoms with E-state index in [0.717, 1.165) is 24.3 Å². The maximum atomic E-state index is 12.4. The van der Waals surface area contributed by atoms with Crippen LogP contribution < -0.4 is 15.4 Å². The molecule has 2 aromatic rings. The van der Waals surface area contributed by atoms with Gasteiger partial charge >= 0.3 is 0 Å². The van der Waals surface area contributed by atoms with E-state index in [1.807, 2.05) is 30.3 Å². The van der Waals surface area contributed by atoms with Crippen LogP contribution in [0, 0.1) is 0 Å². The predicted octanol–water partition coefficient (Wildman–Crippen LogP) is 2.90. The number of likely N-dealkylation sites (tertiary alicyclic amines) is 1. The summed E-state index contributed by atoms with van der Waals surface area (Å²) in [5.74, 6) is 0.557. The van der Waals surface area contributed by atoms with E-state index < -0.39 is 0 Å². The van der Waals surface area contributed by atoms with E-state index in [-0.39, 0.29) is 24.5 Å². The highest BCUT2D eigenvalue weighted by molar-refractivity contribution is 5.94. The number of hydrogen-bond acceptors (Lipinski definition) is 4. The van der Waals surface area contributed by atoms with Gasteiger partial charge < -0.3 is 15.4 Å². The van der Waals surface area contributed by atoms with Crippen LogP contribution in [0.15, 0.2) is 48.5 Å². The molecular formula is C23H27N3O3. The summed E-state index contributed by atoms with van der Waals surface area (Å²) in [5.41, 5.74) is 3.10. The first-order valence-corrected chi connectivity index (χ1v) is 10.3. The molecule has 0 bridgehead atoms. The Hall–Kier alpha value is -2.86. The molecule has 152 valence electrons.